The second kappa shape index (κ2) is 8.04. The van der Waals surface area contributed by atoms with E-state index in [0.717, 1.165) is 16.9 Å². The van der Waals surface area contributed by atoms with E-state index in [4.69, 9.17) is 0 Å². The molecule has 2 unspecified atom stereocenters. The minimum absolute atomic E-state index is 0.677. The predicted octanol–water partition coefficient (Wildman–Crippen LogP) is 3.00. The van der Waals surface area contributed by atoms with Crippen LogP contribution in [0.1, 0.15) is 11.1 Å². The molecule has 0 amide bonds. The second-order valence-electron chi connectivity index (χ2n) is 6.00. The molecule has 0 bridgehead atoms. The molecule has 0 nitrogen and oxygen atoms in total. The van der Waals surface area contributed by atoms with Crippen molar-refractivity contribution < 1.29 is 0 Å². The van der Waals surface area contributed by atoms with Crippen molar-refractivity contribution in [1.82, 2.24) is 0 Å². The molecule has 2 fully saturated rings. The van der Waals surface area contributed by atoms with Crippen molar-refractivity contribution in [2.45, 2.75) is 27.6 Å². The summed E-state index contributed by atoms with van der Waals surface area (Å²) in [4.78, 5) is 0. The zero-order valence-electron chi connectivity index (χ0n) is 12.9. The summed E-state index contributed by atoms with van der Waals surface area (Å²) in [5.74, 6) is 2.80. The fourth-order valence-corrected chi connectivity index (χ4v) is 9.10. The van der Waals surface area contributed by atoms with Gasteiger partial charge >= 0.3 is 161 Å². The molecule has 4 heteroatoms. The Balaban J connectivity index is 1.29. The van der Waals surface area contributed by atoms with Crippen LogP contribution in [0.5, 0.6) is 0 Å². The van der Waals surface area contributed by atoms with Gasteiger partial charge in [-0.2, -0.15) is 0 Å². The molecule has 2 aliphatic rings. The first-order chi connectivity index (χ1) is 11.3. The van der Waals surface area contributed by atoms with E-state index < -0.39 is 0 Å². The van der Waals surface area contributed by atoms with Gasteiger partial charge < -0.3 is 0 Å². The van der Waals surface area contributed by atoms with Gasteiger partial charge in [-0.25, -0.2) is 0 Å². The van der Waals surface area contributed by atoms with Crippen LogP contribution in [-0.2, 0) is 6.42 Å². The Labute approximate surface area is 160 Å². The average molecular weight is 470 g/mol. The van der Waals surface area contributed by atoms with E-state index >= 15 is 0 Å². The molecular weight excluding hydrogens is 450 g/mol. The third-order valence-corrected chi connectivity index (χ3v) is 11.8. The maximum absolute atomic E-state index is 2.35. The molecule has 2 saturated heterocycles. The van der Waals surface area contributed by atoms with E-state index in [1.54, 1.807) is 8.92 Å². The Morgan fingerprint density at radius 1 is 0.696 bits per heavy atom. The van der Waals surface area contributed by atoms with Gasteiger partial charge in [0.25, 0.3) is 0 Å². The topological polar surface area (TPSA) is 0 Å². The van der Waals surface area contributed by atoms with Gasteiger partial charge in [-0.15, -0.1) is 0 Å². The fraction of sp³-hybridized carbons (Fsp3) is 0.368. The summed E-state index contributed by atoms with van der Waals surface area (Å²) in [6, 6.07) is 18.7. The first-order valence-corrected chi connectivity index (χ1v) is 14.3. The zero-order valence-corrected chi connectivity index (χ0v) is 18.0. The van der Waals surface area contributed by atoms with E-state index in [0.29, 0.717) is 29.9 Å². The van der Waals surface area contributed by atoms with Crippen molar-refractivity contribution in [2.75, 3.05) is 11.5 Å². The summed E-state index contributed by atoms with van der Waals surface area (Å²) in [5.41, 5.74) is 2.89. The quantitative estimate of drug-likeness (QED) is 0.430. The third-order valence-electron chi connectivity index (χ3n) is 3.93. The molecule has 4 rings (SSSR count). The van der Waals surface area contributed by atoms with Crippen LogP contribution in [0, 0.1) is 0 Å². The van der Waals surface area contributed by atoms with E-state index in [2.05, 4.69) is 72.1 Å². The molecule has 0 aromatic heterocycles. The number of thioether (sulfide) groups is 2. The van der Waals surface area contributed by atoms with E-state index in [1.807, 2.05) is 0 Å². The van der Waals surface area contributed by atoms with Crippen LogP contribution < -0.4 is 8.92 Å². The van der Waals surface area contributed by atoms with Crippen LogP contribution >= 0.6 is 23.5 Å². The second-order valence-corrected chi connectivity index (χ2v) is 13.3. The zero-order chi connectivity index (χ0) is 15.5. The van der Waals surface area contributed by atoms with Crippen LogP contribution in [0.3, 0.4) is 0 Å². The molecule has 2 aromatic rings. The van der Waals surface area contributed by atoms with Crippen LogP contribution in [0.15, 0.2) is 48.5 Å². The number of hydrogen-bond acceptors (Lipinski definition) is 2. The first-order valence-electron chi connectivity index (χ1n) is 8.02. The average Bonchev–Trinajstić information content (AvgIpc) is 3.48. The summed E-state index contributed by atoms with van der Waals surface area (Å²) in [6.07, 6.45) is 1.07. The van der Waals surface area contributed by atoms with Crippen LogP contribution in [0.4, 0.5) is 0 Å². The molecular formula is C19H20S2Se2. The Morgan fingerprint density at radius 2 is 1.09 bits per heavy atom. The molecule has 0 spiro atoms. The fourth-order valence-electron chi connectivity index (χ4n) is 2.35. The van der Waals surface area contributed by atoms with E-state index in [9.17, 15) is 0 Å². The standard InChI is InChI=1S/C19H20S2Se2/c1-5-18(22-12-16-10-20-16)6-2-14(1)9-15-3-7-19(8-4-15)23-13-17-11-21-17/h1-8,16-17H,9-13H2. The summed E-state index contributed by atoms with van der Waals surface area (Å²) in [5, 5.41) is 4.79. The number of benzene rings is 2. The Kier molecular flexibility index (Phi) is 5.81. The minimum atomic E-state index is 0.677. The number of rotatable bonds is 8. The summed E-state index contributed by atoms with van der Waals surface area (Å²) in [6.45, 7) is 0. The van der Waals surface area contributed by atoms with Gasteiger partial charge in [-0.05, 0) is 0 Å². The van der Waals surface area contributed by atoms with Gasteiger partial charge in [0.1, 0.15) is 0 Å². The third kappa shape index (κ3) is 5.59. The molecule has 2 aliphatic heterocycles. The van der Waals surface area contributed by atoms with Gasteiger partial charge in [0.05, 0.1) is 0 Å². The normalized spacial score (nSPS) is 22.1. The molecule has 0 N–H and O–H groups in total. The first kappa shape index (κ1) is 16.6. The van der Waals surface area contributed by atoms with E-state index in [-0.39, 0.29) is 0 Å². The predicted molar refractivity (Wildman–Crippen MR) is 109 cm³/mol. The molecule has 0 aliphatic carbocycles. The van der Waals surface area contributed by atoms with Gasteiger partial charge in [-0.3, -0.25) is 0 Å². The maximum atomic E-state index is 2.35. The van der Waals surface area contributed by atoms with Gasteiger partial charge in [0.15, 0.2) is 0 Å². The van der Waals surface area contributed by atoms with E-state index in [1.165, 1.54) is 33.3 Å². The van der Waals surface area contributed by atoms with Crippen molar-refractivity contribution in [3.8, 4) is 0 Å². The van der Waals surface area contributed by atoms with Crippen molar-refractivity contribution in [3.05, 3.63) is 59.7 Å². The monoisotopic (exact) mass is 472 g/mol. The van der Waals surface area contributed by atoms with Gasteiger partial charge in [0.2, 0.25) is 0 Å². The summed E-state index contributed by atoms with van der Waals surface area (Å²) in [7, 11) is 0. The summed E-state index contributed by atoms with van der Waals surface area (Å²) >= 11 is 5.59. The molecule has 120 valence electrons. The molecule has 0 radical (unpaired) electrons. The van der Waals surface area contributed by atoms with Gasteiger partial charge in [0, 0.05) is 0 Å². The van der Waals surface area contributed by atoms with Crippen molar-refractivity contribution in [3.63, 3.8) is 0 Å². The van der Waals surface area contributed by atoms with Crippen LogP contribution in [-0.4, -0.2) is 51.9 Å². The molecule has 2 atom stereocenters. The molecule has 2 heterocycles. The summed E-state index contributed by atoms with van der Waals surface area (Å²) < 4.78 is 3.12. The molecule has 2 aromatic carbocycles. The van der Waals surface area contributed by atoms with Crippen molar-refractivity contribution >= 4 is 62.4 Å². The molecule has 23 heavy (non-hydrogen) atoms. The van der Waals surface area contributed by atoms with Crippen molar-refractivity contribution in [2.24, 2.45) is 0 Å². The number of hydrogen-bond donors (Lipinski definition) is 0. The Bertz CT molecular complexity index is 574. The van der Waals surface area contributed by atoms with Crippen LogP contribution in [0.2, 0.25) is 10.6 Å². The van der Waals surface area contributed by atoms with Crippen LogP contribution in [0.25, 0.3) is 0 Å². The SMILES string of the molecule is c1cc([Se]CC2CS2)ccc1Cc1ccc([Se]CC2CS2)cc1. The molecule has 0 saturated carbocycles. The Morgan fingerprint density at radius 3 is 1.43 bits per heavy atom. The van der Waals surface area contributed by atoms with Gasteiger partial charge in [-0.1, -0.05) is 0 Å². The Hall–Kier alpha value is 0.179. The van der Waals surface area contributed by atoms with Crippen molar-refractivity contribution in [1.29, 1.82) is 0 Å².